The standard InChI is InChI=1S/C23H19Cl2FN2O3.Na/c24-16-6-7-21(31-13-14-4-5-17(25)11-19(14)26)15(10-16)12-28-9-8-27-22-18(23(29)30)2-1-3-20(22)28;/h1-7,10-11,27H,8-9,12-13H2,(H,29,30);/q;+1/p-1. The van der Waals surface area contributed by atoms with Crippen molar-refractivity contribution in [1.82, 2.24) is 0 Å². The number of benzene rings is 3. The van der Waals surface area contributed by atoms with Crippen molar-refractivity contribution in [2.45, 2.75) is 13.2 Å². The number of hydrogen-bond donors (Lipinski definition) is 1. The number of anilines is 2. The molecule has 3 aromatic rings. The second kappa shape index (κ2) is 10.8. The van der Waals surface area contributed by atoms with Crippen molar-refractivity contribution in [2.75, 3.05) is 23.3 Å². The fraction of sp³-hybridized carbons (Fsp3) is 0.174. The van der Waals surface area contributed by atoms with E-state index < -0.39 is 11.8 Å². The maximum absolute atomic E-state index is 14.1. The summed E-state index contributed by atoms with van der Waals surface area (Å²) in [5, 5.41) is 15.5. The van der Waals surface area contributed by atoms with E-state index in [1.807, 2.05) is 11.0 Å². The molecule has 0 atom stereocenters. The number of carbonyl (C=O) groups is 1. The fourth-order valence-electron chi connectivity index (χ4n) is 3.57. The van der Waals surface area contributed by atoms with Crippen LogP contribution in [0.4, 0.5) is 15.8 Å². The second-order valence-corrected chi connectivity index (χ2v) is 7.98. The van der Waals surface area contributed by atoms with Gasteiger partial charge in [-0.25, -0.2) is 4.39 Å². The van der Waals surface area contributed by atoms with Gasteiger partial charge in [0.05, 0.1) is 17.3 Å². The maximum Gasteiger partial charge on any atom is 1.00 e. The molecule has 0 bridgehead atoms. The van der Waals surface area contributed by atoms with E-state index in [9.17, 15) is 14.3 Å². The Labute approximate surface area is 217 Å². The average molecular weight is 483 g/mol. The molecule has 9 heteroatoms. The molecular formula is C23H18Cl2FN2NaO3. The van der Waals surface area contributed by atoms with Crippen molar-refractivity contribution in [3.8, 4) is 5.75 Å². The summed E-state index contributed by atoms with van der Waals surface area (Å²) >= 11 is 12.0. The van der Waals surface area contributed by atoms with Gasteiger partial charge in [0.15, 0.2) is 0 Å². The Morgan fingerprint density at radius 1 is 1.09 bits per heavy atom. The smallest absolute Gasteiger partial charge is 0.545 e. The van der Waals surface area contributed by atoms with Crippen LogP contribution in [0.3, 0.4) is 0 Å². The Kier molecular flexibility index (Phi) is 8.31. The number of aromatic carboxylic acids is 1. The summed E-state index contributed by atoms with van der Waals surface area (Å²) in [4.78, 5) is 13.5. The molecule has 3 aromatic carbocycles. The van der Waals surface area contributed by atoms with Crippen LogP contribution in [-0.2, 0) is 13.2 Å². The van der Waals surface area contributed by atoms with Crippen LogP contribution < -0.4 is 49.6 Å². The molecule has 0 amide bonds. The van der Waals surface area contributed by atoms with Crippen LogP contribution in [0.15, 0.2) is 54.6 Å². The fourth-order valence-corrected chi connectivity index (χ4v) is 3.93. The summed E-state index contributed by atoms with van der Waals surface area (Å²) in [6, 6.07) is 14.7. The molecule has 32 heavy (non-hydrogen) atoms. The zero-order valence-corrected chi connectivity index (χ0v) is 20.8. The third-order valence-electron chi connectivity index (χ3n) is 5.07. The number of nitrogens with zero attached hydrogens (tertiary/aromatic N) is 1. The topological polar surface area (TPSA) is 64.6 Å². The minimum Gasteiger partial charge on any atom is -0.545 e. The van der Waals surface area contributed by atoms with Crippen LogP contribution in [0.5, 0.6) is 5.75 Å². The molecule has 0 unspecified atom stereocenters. The molecule has 0 saturated carbocycles. The first-order chi connectivity index (χ1) is 14.9. The van der Waals surface area contributed by atoms with Crippen molar-refractivity contribution in [3.63, 3.8) is 0 Å². The zero-order chi connectivity index (χ0) is 22.0. The van der Waals surface area contributed by atoms with E-state index in [1.165, 1.54) is 12.1 Å². The van der Waals surface area contributed by atoms with Crippen molar-refractivity contribution >= 4 is 40.5 Å². The van der Waals surface area contributed by atoms with Crippen LogP contribution in [0, 0.1) is 5.82 Å². The summed E-state index contributed by atoms with van der Waals surface area (Å²) in [6.45, 7) is 1.69. The second-order valence-electron chi connectivity index (χ2n) is 7.11. The number of carboxylic acids is 1. The van der Waals surface area contributed by atoms with Crippen LogP contribution in [0.1, 0.15) is 21.5 Å². The van der Waals surface area contributed by atoms with Crippen molar-refractivity contribution in [3.05, 3.63) is 87.2 Å². The summed E-state index contributed by atoms with van der Waals surface area (Å²) < 4.78 is 20.0. The molecule has 0 aromatic heterocycles. The monoisotopic (exact) mass is 482 g/mol. The van der Waals surface area contributed by atoms with Crippen LogP contribution in [0.25, 0.3) is 0 Å². The van der Waals surface area contributed by atoms with Gasteiger partial charge in [-0.05, 0) is 36.4 Å². The van der Waals surface area contributed by atoms with E-state index in [0.29, 0.717) is 46.7 Å². The summed E-state index contributed by atoms with van der Waals surface area (Å²) in [5.74, 6) is -1.10. The van der Waals surface area contributed by atoms with Gasteiger partial charge >= 0.3 is 29.6 Å². The van der Waals surface area contributed by atoms with E-state index in [-0.39, 0.29) is 41.7 Å². The van der Waals surface area contributed by atoms with Gasteiger partial charge in [-0.15, -0.1) is 0 Å². The quantitative estimate of drug-likeness (QED) is 0.539. The summed E-state index contributed by atoms with van der Waals surface area (Å²) in [7, 11) is 0. The van der Waals surface area contributed by atoms with Gasteiger partial charge in [0.2, 0.25) is 0 Å². The average Bonchev–Trinajstić information content (AvgIpc) is 2.74. The molecule has 1 aliphatic rings. The first-order valence-electron chi connectivity index (χ1n) is 9.60. The van der Waals surface area contributed by atoms with Crippen LogP contribution >= 0.6 is 23.2 Å². The molecule has 160 valence electrons. The molecule has 0 saturated heterocycles. The minimum atomic E-state index is -1.23. The van der Waals surface area contributed by atoms with Gasteiger partial charge in [-0.2, -0.15) is 0 Å². The Morgan fingerprint density at radius 2 is 1.84 bits per heavy atom. The molecule has 1 heterocycles. The van der Waals surface area contributed by atoms with E-state index in [0.717, 1.165) is 11.3 Å². The number of halogens is 3. The number of ether oxygens (including phenoxy) is 1. The number of para-hydroxylation sites is 1. The third-order valence-corrected chi connectivity index (χ3v) is 5.54. The van der Waals surface area contributed by atoms with Crippen LogP contribution in [0.2, 0.25) is 10.0 Å². The molecule has 0 radical (unpaired) electrons. The van der Waals surface area contributed by atoms with E-state index in [1.54, 1.807) is 36.4 Å². The van der Waals surface area contributed by atoms with E-state index in [4.69, 9.17) is 27.9 Å². The number of hydrogen-bond acceptors (Lipinski definition) is 5. The minimum absolute atomic E-state index is 0. The predicted molar refractivity (Wildman–Crippen MR) is 118 cm³/mol. The maximum atomic E-state index is 14.1. The molecule has 0 spiro atoms. The Balaban J connectivity index is 0.00000289. The first kappa shape index (κ1) is 24.7. The first-order valence-corrected chi connectivity index (χ1v) is 10.4. The van der Waals surface area contributed by atoms with Crippen molar-refractivity contribution < 1.29 is 48.6 Å². The summed E-state index contributed by atoms with van der Waals surface area (Å²) in [6.07, 6.45) is 0. The van der Waals surface area contributed by atoms with E-state index in [2.05, 4.69) is 5.32 Å². The largest absolute Gasteiger partial charge is 1.00 e. The molecular weight excluding hydrogens is 465 g/mol. The molecule has 0 fully saturated rings. The molecule has 5 nitrogen and oxygen atoms in total. The van der Waals surface area contributed by atoms with Crippen molar-refractivity contribution in [2.24, 2.45) is 0 Å². The normalized spacial score (nSPS) is 12.4. The number of rotatable bonds is 6. The SMILES string of the molecule is O=C([O-])c1cccc2c1NCCN2Cc1cc(Cl)ccc1OCc1ccc(Cl)cc1F.[Na+]. The zero-order valence-electron chi connectivity index (χ0n) is 17.3. The molecule has 4 rings (SSSR count). The Morgan fingerprint density at radius 3 is 2.59 bits per heavy atom. The molecule has 1 N–H and O–H groups in total. The van der Waals surface area contributed by atoms with Gasteiger partial charge < -0.3 is 24.9 Å². The van der Waals surface area contributed by atoms with Gasteiger partial charge in [0.1, 0.15) is 18.2 Å². The third kappa shape index (κ3) is 5.50. The number of nitrogens with one attached hydrogen (secondary N) is 1. The number of carbonyl (C=O) groups excluding carboxylic acids is 1. The van der Waals surface area contributed by atoms with Crippen LogP contribution in [-0.4, -0.2) is 19.1 Å². The Bertz CT molecular complexity index is 1150. The predicted octanol–water partition coefficient (Wildman–Crippen LogP) is 1.51. The van der Waals surface area contributed by atoms with Gasteiger partial charge in [0, 0.05) is 46.4 Å². The van der Waals surface area contributed by atoms with Gasteiger partial charge in [-0.3, -0.25) is 0 Å². The summed E-state index contributed by atoms with van der Waals surface area (Å²) in [5.41, 5.74) is 2.58. The van der Waals surface area contributed by atoms with E-state index >= 15 is 0 Å². The molecule has 0 aliphatic carbocycles. The Hall–Kier alpha value is -1.96. The number of fused-ring (bicyclic) bond motifs is 1. The molecule has 1 aliphatic heterocycles. The van der Waals surface area contributed by atoms with Gasteiger partial charge in [-0.1, -0.05) is 41.4 Å². The van der Waals surface area contributed by atoms with Crippen molar-refractivity contribution in [1.29, 1.82) is 0 Å². The number of carboxylic acid groups (broad SMARTS) is 1. The van der Waals surface area contributed by atoms with Gasteiger partial charge in [0.25, 0.3) is 0 Å².